The number of esters is 1. The molecule has 1 atom stereocenters. The number of aromatic amines is 1. The third-order valence-corrected chi connectivity index (χ3v) is 4.57. The maximum absolute atomic E-state index is 11.8. The molecule has 0 aliphatic heterocycles. The molecule has 3 rings (SSSR count). The Bertz CT molecular complexity index is 894. The highest BCUT2D eigenvalue weighted by Crippen LogP contribution is 2.34. The molecule has 1 unspecified atom stereocenters. The monoisotopic (exact) mass is 363 g/mol. The number of hydrogen-bond donors (Lipinski definition) is 2. The number of ether oxygens (including phenoxy) is 1. The highest BCUT2D eigenvalue weighted by Gasteiger charge is 2.17. The number of nitrogens with zero attached hydrogens (tertiary/aromatic N) is 3. The topological polar surface area (TPSA) is 107 Å². The van der Waals surface area contributed by atoms with Gasteiger partial charge >= 0.3 is 5.97 Å². The van der Waals surface area contributed by atoms with Crippen molar-refractivity contribution in [3.63, 3.8) is 0 Å². The molecule has 0 radical (unpaired) electrons. The number of rotatable bonds is 4. The summed E-state index contributed by atoms with van der Waals surface area (Å²) in [5.74, 6) is -0.0867. The lowest BCUT2D eigenvalue weighted by atomic mass is 10.1. The van der Waals surface area contributed by atoms with Crippen LogP contribution in [0.2, 0.25) is 5.15 Å². The van der Waals surface area contributed by atoms with E-state index in [1.54, 1.807) is 12.4 Å². The Morgan fingerprint density at radius 1 is 1.42 bits per heavy atom. The molecule has 0 aliphatic carbocycles. The van der Waals surface area contributed by atoms with Gasteiger partial charge in [0, 0.05) is 17.6 Å². The number of hydrogen-bond acceptors (Lipinski definition) is 7. The van der Waals surface area contributed by atoms with E-state index in [0.717, 1.165) is 16.6 Å². The van der Waals surface area contributed by atoms with Crippen molar-refractivity contribution < 1.29 is 9.53 Å². The fraction of sp³-hybridized carbons (Fsp3) is 0.200. The van der Waals surface area contributed by atoms with Crippen LogP contribution in [0.4, 0.5) is 5.82 Å². The Labute approximate surface area is 147 Å². The lowest BCUT2D eigenvalue weighted by molar-refractivity contribution is 0.0603. The largest absolute Gasteiger partial charge is 0.465 e. The fourth-order valence-electron chi connectivity index (χ4n) is 2.22. The maximum Gasteiger partial charge on any atom is 0.340 e. The zero-order chi connectivity index (χ0) is 17.3. The number of anilines is 1. The van der Waals surface area contributed by atoms with Gasteiger partial charge in [0.2, 0.25) is 0 Å². The molecule has 124 valence electrons. The minimum atomic E-state index is -0.398. The number of nitrogens with two attached hydrogens (primary N) is 1. The molecule has 0 bridgehead atoms. The van der Waals surface area contributed by atoms with E-state index >= 15 is 0 Å². The predicted octanol–water partition coefficient (Wildman–Crippen LogP) is 3.23. The molecule has 3 N–H and O–H groups in total. The molecule has 0 aromatic carbocycles. The molecule has 24 heavy (non-hydrogen) atoms. The normalized spacial score (nSPS) is 12.3. The summed E-state index contributed by atoms with van der Waals surface area (Å²) in [6, 6.07) is 3.34. The Morgan fingerprint density at radius 2 is 2.21 bits per heavy atom. The smallest absolute Gasteiger partial charge is 0.340 e. The lowest BCUT2D eigenvalue weighted by Crippen LogP contribution is -2.01. The van der Waals surface area contributed by atoms with E-state index in [1.807, 2.05) is 13.0 Å². The van der Waals surface area contributed by atoms with Crippen molar-refractivity contribution in [3.8, 4) is 0 Å². The van der Waals surface area contributed by atoms with Crippen molar-refractivity contribution >= 4 is 46.1 Å². The number of fused-ring (bicyclic) bond motifs is 1. The molecule has 0 saturated heterocycles. The average Bonchev–Trinajstić information content (AvgIpc) is 2.96. The van der Waals surface area contributed by atoms with E-state index in [4.69, 9.17) is 22.1 Å². The van der Waals surface area contributed by atoms with Gasteiger partial charge in [-0.2, -0.15) is 0 Å². The summed E-state index contributed by atoms with van der Waals surface area (Å²) in [6.07, 6.45) is 3.29. The number of aromatic nitrogens is 4. The first-order valence-corrected chi connectivity index (χ1v) is 8.25. The number of carbonyl (C=O) groups excluding carboxylic acids is 1. The van der Waals surface area contributed by atoms with Gasteiger partial charge in [-0.15, -0.1) is 0 Å². The van der Waals surface area contributed by atoms with E-state index in [0.29, 0.717) is 21.7 Å². The Balaban J connectivity index is 1.91. The van der Waals surface area contributed by atoms with Crippen LogP contribution in [0, 0.1) is 0 Å². The quantitative estimate of drug-likeness (QED) is 0.317. The first-order valence-electron chi connectivity index (χ1n) is 7.00. The number of pyridine rings is 1. The van der Waals surface area contributed by atoms with E-state index in [-0.39, 0.29) is 5.25 Å². The number of carbonyl (C=O) groups is 1. The summed E-state index contributed by atoms with van der Waals surface area (Å²) in [4.78, 5) is 27.5. The first kappa shape index (κ1) is 16.5. The van der Waals surface area contributed by atoms with Crippen LogP contribution in [0.1, 0.15) is 28.2 Å². The maximum atomic E-state index is 11.8. The van der Waals surface area contributed by atoms with Crippen LogP contribution in [-0.2, 0) is 4.74 Å². The minimum Gasteiger partial charge on any atom is -0.465 e. The zero-order valence-electron chi connectivity index (χ0n) is 12.9. The molecular weight excluding hydrogens is 350 g/mol. The Kier molecular flexibility index (Phi) is 4.59. The van der Waals surface area contributed by atoms with Gasteiger partial charge in [-0.05, 0) is 13.0 Å². The molecule has 7 nitrogen and oxygen atoms in total. The predicted molar refractivity (Wildman–Crippen MR) is 93.2 cm³/mol. The summed E-state index contributed by atoms with van der Waals surface area (Å²) in [5, 5.41) is 1.45. The van der Waals surface area contributed by atoms with Gasteiger partial charge in [-0.25, -0.2) is 14.8 Å². The van der Waals surface area contributed by atoms with E-state index in [2.05, 4.69) is 19.9 Å². The molecule has 3 aromatic rings. The lowest BCUT2D eigenvalue weighted by Gasteiger charge is -2.10. The van der Waals surface area contributed by atoms with Crippen LogP contribution in [0.15, 0.2) is 29.7 Å². The Hall–Kier alpha value is -2.32. The molecule has 3 aromatic heterocycles. The molecule has 0 aliphatic rings. The third kappa shape index (κ3) is 3.29. The second kappa shape index (κ2) is 6.66. The summed E-state index contributed by atoms with van der Waals surface area (Å²) in [5.41, 5.74) is 7.69. The molecule has 9 heteroatoms. The fourth-order valence-corrected chi connectivity index (χ4v) is 3.34. The Morgan fingerprint density at radius 3 is 2.92 bits per heavy atom. The minimum absolute atomic E-state index is 0.0623. The first-order chi connectivity index (χ1) is 11.5. The van der Waals surface area contributed by atoms with Gasteiger partial charge < -0.3 is 15.5 Å². The van der Waals surface area contributed by atoms with E-state index in [9.17, 15) is 4.79 Å². The molecule has 0 spiro atoms. The number of nitrogen functional groups attached to an aromatic ring is 1. The molecule has 0 saturated carbocycles. The van der Waals surface area contributed by atoms with Crippen LogP contribution < -0.4 is 5.73 Å². The standard InChI is InChI=1S/C15H14ClN5O2S/c1-7(24-15-20-12(16)4-13(17)21-15)10-3-8-9(14(22)23-2)5-18-11(8)6-19-10/h3-7,18H,1-2H3,(H2,17,20,21). The molecular formula is C15H14ClN5O2S. The van der Waals surface area contributed by atoms with Crippen LogP contribution in [-0.4, -0.2) is 33.0 Å². The van der Waals surface area contributed by atoms with Crippen LogP contribution in [0.25, 0.3) is 10.9 Å². The number of nitrogens with one attached hydrogen (secondary N) is 1. The van der Waals surface area contributed by atoms with Crippen molar-refractivity contribution in [2.75, 3.05) is 12.8 Å². The van der Waals surface area contributed by atoms with Crippen LogP contribution in [0.5, 0.6) is 0 Å². The second-order valence-electron chi connectivity index (χ2n) is 5.01. The van der Waals surface area contributed by atoms with Crippen molar-refractivity contribution in [2.24, 2.45) is 0 Å². The van der Waals surface area contributed by atoms with Gasteiger partial charge in [0.1, 0.15) is 11.0 Å². The second-order valence-corrected chi connectivity index (χ2v) is 6.70. The van der Waals surface area contributed by atoms with Gasteiger partial charge in [-0.3, -0.25) is 4.98 Å². The average molecular weight is 364 g/mol. The van der Waals surface area contributed by atoms with Gasteiger partial charge in [-0.1, -0.05) is 23.4 Å². The van der Waals surface area contributed by atoms with E-state index < -0.39 is 5.97 Å². The third-order valence-electron chi connectivity index (χ3n) is 3.39. The van der Waals surface area contributed by atoms with E-state index in [1.165, 1.54) is 24.9 Å². The zero-order valence-corrected chi connectivity index (χ0v) is 14.5. The van der Waals surface area contributed by atoms with Crippen molar-refractivity contribution in [3.05, 3.63) is 40.9 Å². The number of halogens is 1. The van der Waals surface area contributed by atoms with Crippen molar-refractivity contribution in [1.29, 1.82) is 0 Å². The van der Waals surface area contributed by atoms with Crippen molar-refractivity contribution in [1.82, 2.24) is 19.9 Å². The van der Waals surface area contributed by atoms with Gasteiger partial charge in [0.05, 0.1) is 35.3 Å². The summed E-state index contributed by atoms with van der Waals surface area (Å²) >= 11 is 7.28. The molecule has 0 amide bonds. The number of H-pyrrole nitrogens is 1. The number of thioether (sulfide) groups is 1. The summed E-state index contributed by atoms with van der Waals surface area (Å²) in [6.45, 7) is 1.96. The van der Waals surface area contributed by atoms with Crippen molar-refractivity contribution in [2.45, 2.75) is 17.3 Å². The SMILES string of the molecule is COC(=O)c1c[nH]c2cnc(C(C)Sc3nc(N)cc(Cl)n3)cc12. The molecule has 0 fully saturated rings. The molecule has 3 heterocycles. The number of methoxy groups -OCH3 is 1. The van der Waals surface area contributed by atoms with Crippen LogP contribution >= 0.6 is 23.4 Å². The summed E-state index contributed by atoms with van der Waals surface area (Å²) < 4.78 is 4.79. The highest BCUT2D eigenvalue weighted by atomic mass is 35.5. The summed E-state index contributed by atoms with van der Waals surface area (Å²) in [7, 11) is 1.35. The highest BCUT2D eigenvalue weighted by molar-refractivity contribution is 7.99. The van der Waals surface area contributed by atoms with Gasteiger partial charge in [0.25, 0.3) is 0 Å². The van der Waals surface area contributed by atoms with Crippen LogP contribution in [0.3, 0.4) is 0 Å². The van der Waals surface area contributed by atoms with Gasteiger partial charge in [0.15, 0.2) is 5.16 Å².